The standard InChI is InChI=1S/C39H26N2/c1-2-10-27(11-3-1)28-18-20-30(21-19-28)39-40-37-16-8-9-17-38(37)41(39)32-24-22-29(23-25-32)36-26-31-12-4-5-13-33(31)34-14-6-7-15-35(34)36/h1-26H. The minimum absolute atomic E-state index is 0.940. The van der Waals surface area contributed by atoms with Crippen LogP contribution in [0.5, 0.6) is 0 Å². The summed E-state index contributed by atoms with van der Waals surface area (Å²) in [5, 5.41) is 5.10. The van der Waals surface area contributed by atoms with Gasteiger partial charge in [0.15, 0.2) is 0 Å². The largest absolute Gasteiger partial charge is 0.292 e. The van der Waals surface area contributed by atoms with Gasteiger partial charge >= 0.3 is 0 Å². The van der Waals surface area contributed by atoms with E-state index in [9.17, 15) is 0 Å². The first-order valence-electron chi connectivity index (χ1n) is 14.0. The van der Waals surface area contributed by atoms with Crippen molar-refractivity contribution in [2.45, 2.75) is 0 Å². The molecule has 0 saturated carbocycles. The summed E-state index contributed by atoms with van der Waals surface area (Å²) in [5.74, 6) is 0.940. The van der Waals surface area contributed by atoms with Crippen LogP contribution in [0.1, 0.15) is 0 Å². The minimum atomic E-state index is 0.940. The lowest BCUT2D eigenvalue weighted by molar-refractivity contribution is 1.10. The van der Waals surface area contributed by atoms with Crippen molar-refractivity contribution in [3.05, 3.63) is 158 Å². The quantitative estimate of drug-likeness (QED) is 0.210. The van der Waals surface area contributed by atoms with Crippen LogP contribution in [0.15, 0.2) is 158 Å². The molecule has 1 heterocycles. The summed E-state index contributed by atoms with van der Waals surface area (Å²) in [6.07, 6.45) is 0. The molecule has 0 unspecified atom stereocenters. The zero-order chi connectivity index (χ0) is 27.2. The van der Waals surface area contributed by atoms with Crippen LogP contribution < -0.4 is 0 Å². The Morgan fingerprint density at radius 3 is 1.80 bits per heavy atom. The van der Waals surface area contributed by atoms with E-state index in [1.807, 2.05) is 6.07 Å². The summed E-state index contributed by atoms with van der Waals surface area (Å²) in [7, 11) is 0. The molecular formula is C39H26N2. The van der Waals surface area contributed by atoms with E-state index in [0.717, 1.165) is 28.1 Å². The predicted molar refractivity (Wildman–Crippen MR) is 172 cm³/mol. The number of aromatic nitrogens is 2. The Balaban J connectivity index is 1.25. The molecule has 41 heavy (non-hydrogen) atoms. The van der Waals surface area contributed by atoms with Gasteiger partial charge in [-0.05, 0) is 74.1 Å². The summed E-state index contributed by atoms with van der Waals surface area (Å²) < 4.78 is 2.27. The van der Waals surface area contributed by atoms with Crippen LogP contribution in [0.2, 0.25) is 0 Å². The van der Waals surface area contributed by atoms with Crippen molar-refractivity contribution < 1.29 is 0 Å². The summed E-state index contributed by atoms with van der Waals surface area (Å²) in [6, 6.07) is 56.2. The molecule has 0 radical (unpaired) electrons. The van der Waals surface area contributed by atoms with Crippen molar-refractivity contribution in [1.29, 1.82) is 0 Å². The third kappa shape index (κ3) is 4.00. The monoisotopic (exact) mass is 522 g/mol. The maximum absolute atomic E-state index is 5.08. The van der Waals surface area contributed by atoms with Gasteiger partial charge in [-0.2, -0.15) is 0 Å². The summed E-state index contributed by atoms with van der Waals surface area (Å²) in [4.78, 5) is 5.08. The number of hydrogen-bond donors (Lipinski definition) is 0. The fourth-order valence-electron chi connectivity index (χ4n) is 6.01. The van der Waals surface area contributed by atoms with Gasteiger partial charge < -0.3 is 0 Å². The van der Waals surface area contributed by atoms with E-state index < -0.39 is 0 Å². The van der Waals surface area contributed by atoms with Gasteiger partial charge in [0.2, 0.25) is 0 Å². The minimum Gasteiger partial charge on any atom is -0.292 e. The van der Waals surface area contributed by atoms with Crippen LogP contribution in [-0.2, 0) is 0 Å². The molecule has 0 fully saturated rings. The van der Waals surface area contributed by atoms with E-state index in [0.29, 0.717) is 0 Å². The van der Waals surface area contributed by atoms with Crippen molar-refractivity contribution >= 4 is 32.6 Å². The van der Waals surface area contributed by atoms with Crippen molar-refractivity contribution in [1.82, 2.24) is 9.55 Å². The van der Waals surface area contributed by atoms with E-state index >= 15 is 0 Å². The Labute approximate surface area is 238 Å². The van der Waals surface area contributed by atoms with Crippen molar-refractivity contribution in [3.8, 4) is 39.3 Å². The fraction of sp³-hybridized carbons (Fsp3) is 0. The van der Waals surface area contributed by atoms with Crippen molar-refractivity contribution in [2.75, 3.05) is 0 Å². The second kappa shape index (κ2) is 9.62. The number of para-hydroxylation sites is 2. The predicted octanol–water partition coefficient (Wildman–Crippen LogP) is 10.3. The SMILES string of the molecule is c1ccc(-c2ccc(-c3nc4ccccc4n3-c3ccc(-c4cc5ccccc5c5ccccc45)cc3)cc2)cc1. The molecule has 0 aliphatic rings. The lowest BCUT2D eigenvalue weighted by Crippen LogP contribution is -1.97. The first-order chi connectivity index (χ1) is 20.3. The molecule has 0 amide bonds. The van der Waals surface area contributed by atoms with Crippen molar-refractivity contribution in [3.63, 3.8) is 0 Å². The Bertz CT molecular complexity index is 2170. The molecule has 0 bridgehead atoms. The average Bonchev–Trinajstić information content (AvgIpc) is 3.45. The van der Waals surface area contributed by atoms with Gasteiger partial charge in [0, 0.05) is 11.3 Å². The number of imidazole rings is 1. The van der Waals surface area contributed by atoms with E-state index in [2.05, 4.69) is 156 Å². The third-order valence-electron chi connectivity index (χ3n) is 8.02. The molecule has 0 atom stereocenters. The Morgan fingerprint density at radius 1 is 0.415 bits per heavy atom. The van der Waals surface area contributed by atoms with Crippen LogP contribution in [0.25, 0.3) is 71.9 Å². The Morgan fingerprint density at radius 2 is 1.00 bits per heavy atom. The van der Waals surface area contributed by atoms with Crippen LogP contribution in [-0.4, -0.2) is 9.55 Å². The highest BCUT2D eigenvalue weighted by atomic mass is 15.1. The smallest absolute Gasteiger partial charge is 0.145 e. The van der Waals surface area contributed by atoms with E-state index in [4.69, 9.17) is 4.98 Å². The highest BCUT2D eigenvalue weighted by molar-refractivity contribution is 6.13. The average molecular weight is 523 g/mol. The maximum atomic E-state index is 5.08. The third-order valence-corrected chi connectivity index (χ3v) is 8.02. The van der Waals surface area contributed by atoms with E-state index in [1.165, 1.54) is 43.8 Å². The van der Waals surface area contributed by atoms with Gasteiger partial charge in [-0.1, -0.05) is 127 Å². The number of nitrogens with zero attached hydrogens (tertiary/aromatic N) is 2. The first kappa shape index (κ1) is 23.4. The van der Waals surface area contributed by atoms with E-state index in [-0.39, 0.29) is 0 Å². The zero-order valence-electron chi connectivity index (χ0n) is 22.4. The highest BCUT2D eigenvalue weighted by Gasteiger charge is 2.15. The molecule has 192 valence electrons. The topological polar surface area (TPSA) is 17.8 Å². The highest BCUT2D eigenvalue weighted by Crippen LogP contribution is 2.36. The van der Waals surface area contributed by atoms with Gasteiger partial charge in [-0.15, -0.1) is 0 Å². The fourth-order valence-corrected chi connectivity index (χ4v) is 6.01. The van der Waals surface area contributed by atoms with Crippen LogP contribution in [0, 0.1) is 0 Å². The molecule has 0 saturated heterocycles. The van der Waals surface area contributed by atoms with Crippen molar-refractivity contribution in [2.24, 2.45) is 0 Å². The van der Waals surface area contributed by atoms with Gasteiger partial charge in [-0.3, -0.25) is 4.57 Å². The van der Waals surface area contributed by atoms with Gasteiger partial charge in [0.25, 0.3) is 0 Å². The molecule has 0 aliphatic heterocycles. The summed E-state index contributed by atoms with van der Waals surface area (Å²) >= 11 is 0. The van der Waals surface area contributed by atoms with Crippen LogP contribution >= 0.6 is 0 Å². The van der Waals surface area contributed by atoms with E-state index in [1.54, 1.807) is 0 Å². The lowest BCUT2D eigenvalue weighted by atomic mass is 9.93. The van der Waals surface area contributed by atoms with Crippen LogP contribution in [0.3, 0.4) is 0 Å². The molecule has 0 N–H and O–H groups in total. The molecule has 0 spiro atoms. The second-order valence-electron chi connectivity index (χ2n) is 10.4. The molecule has 2 nitrogen and oxygen atoms in total. The van der Waals surface area contributed by atoms with Gasteiger partial charge in [-0.25, -0.2) is 4.98 Å². The molecule has 8 aromatic rings. The lowest BCUT2D eigenvalue weighted by Gasteiger charge is -2.13. The van der Waals surface area contributed by atoms with Gasteiger partial charge in [0.05, 0.1) is 11.0 Å². The maximum Gasteiger partial charge on any atom is 0.145 e. The number of rotatable bonds is 4. The molecule has 7 aromatic carbocycles. The molecule has 0 aliphatic carbocycles. The second-order valence-corrected chi connectivity index (χ2v) is 10.4. The number of benzene rings is 7. The normalized spacial score (nSPS) is 11.4. The molecule has 2 heteroatoms. The summed E-state index contributed by atoms with van der Waals surface area (Å²) in [5.41, 5.74) is 9.12. The molecule has 8 rings (SSSR count). The Kier molecular flexibility index (Phi) is 5.49. The zero-order valence-corrected chi connectivity index (χ0v) is 22.4. The first-order valence-corrected chi connectivity index (χ1v) is 14.0. The number of fused-ring (bicyclic) bond motifs is 4. The number of hydrogen-bond acceptors (Lipinski definition) is 1. The van der Waals surface area contributed by atoms with Gasteiger partial charge in [0.1, 0.15) is 5.82 Å². The molecular weight excluding hydrogens is 496 g/mol. The Hall–Kier alpha value is -5.47. The van der Waals surface area contributed by atoms with Crippen LogP contribution in [0.4, 0.5) is 0 Å². The summed E-state index contributed by atoms with van der Waals surface area (Å²) in [6.45, 7) is 0. The molecule has 1 aromatic heterocycles.